The van der Waals surface area contributed by atoms with Crippen LogP contribution in [0.5, 0.6) is 5.75 Å². The number of aromatic nitrogens is 2. The van der Waals surface area contributed by atoms with Crippen molar-refractivity contribution >= 4 is 64.0 Å². The molecule has 9 rings (SSSR count). The molecule has 1 unspecified atom stereocenters. The lowest BCUT2D eigenvalue weighted by atomic mass is 10.00. The Balaban J connectivity index is 1.10. The number of benzene rings is 4. The summed E-state index contributed by atoms with van der Waals surface area (Å²) in [5.74, 6) is -3.63. The van der Waals surface area contributed by atoms with Gasteiger partial charge in [-0.05, 0) is 89.9 Å². The van der Waals surface area contributed by atoms with Crippen molar-refractivity contribution < 1.29 is 43.0 Å². The first-order valence-corrected chi connectivity index (χ1v) is 28.6. The van der Waals surface area contributed by atoms with Crippen molar-refractivity contribution in [3.8, 4) is 5.75 Å². The van der Waals surface area contributed by atoms with E-state index < -0.39 is 83.9 Å². The van der Waals surface area contributed by atoms with Gasteiger partial charge < -0.3 is 62.3 Å². The highest BCUT2D eigenvalue weighted by atomic mass is 35.5. The third-order valence-corrected chi connectivity index (χ3v) is 15.4. The van der Waals surface area contributed by atoms with Gasteiger partial charge in [0.15, 0.2) is 0 Å². The fraction of sp³-hybridized carbons (Fsp3) is 0.377. The van der Waals surface area contributed by atoms with Crippen LogP contribution in [0.15, 0.2) is 134 Å². The summed E-state index contributed by atoms with van der Waals surface area (Å²) < 4.78 is 11.8. The highest BCUT2D eigenvalue weighted by Gasteiger charge is 2.45. The van der Waals surface area contributed by atoms with Crippen LogP contribution in [0.3, 0.4) is 0 Å². The predicted octanol–water partition coefficient (Wildman–Crippen LogP) is 2.84. The number of pyridine rings is 1. The first-order valence-electron chi connectivity index (χ1n) is 28.2. The Bertz CT molecular complexity index is 3170. The molecule has 0 bridgehead atoms. The van der Waals surface area contributed by atoms with E-state index in [1.54, 1.807) is 61.1 Å². The van der Waals surface area contributed by atoms with Gasteiger partial charge in [-0.2, -0.15) is 0 Å². The summed E-state index contributed by atoms with van der Waals surface area (Å²) in [5.41, 5.74) is 10.3. The number of hydrogen-bond donors (Lipinski definition) is 9. The molecule has 0 spiro atoms. The number of halogens is 1. The Morgan fingerprint density at radius 3 is 2.02 bits per heavy atom. The van der Waals surface area contributed by atoms with E-state index in [9.17, 15) is 4.79 Å². The highest BCUT2D eigenvalue weighted by molar-refractivity contribution is 6.30. The summed E-state index contributed by atoms with van der Waals surface area (Å²) in [6.45, 7) is 2.66. The number of fused-ring (bicyclic) bond motifs is 2. The summed E-state index contributed by atoms with van der Waals surface area (Å²) in [4.78, 5) is 115. The minimum Gasteiger partial charge on any atom is -0.489 e. The Labute approximate surface area is 486 Å². The SMILES string of the molecule is NCCNC(=O)O[C@@H]1C[C@H]2C(=O)N[C@@H](CCc3ccccc3)C(=O)N[C@H](Cc3c[nH]c4ccccc34)C(=O)NC(CN3CCNCC3)C(=O)N[C@@H](Cc3ccc(OCc4ccc(Cl)cc4)cc3)C(=O)N[C@@H](CCc3cccnc3)C(=O)N2C1. The second-order valence-corrected chi connectivity index (χ2v) is 21.5. The van der Waals surface area contributed by atoms with Crippen molar-refractivity contribution in [2.45, 2.75) is 93.9 Å². The summed E-state index contributed by atoms with van der Waals surface area (Å²) in [7, 11) is 0. The van der Waals surface area contributed by atoms with E-state index in [4.69, 9.17) is 26.8 Å². The molecule has 6 aromatic rings. The molecule has 0 aliphatic carbocycles. The van der Waals surface area contributed by atoms with E-state index >= 15 is 28.8 Å². The number of carbonyl (C=O) groups excluding carboxylic acids is 7. The molecule has 5 heterocycles. The quantitative estimate of drug-likeness (QED) is 0.0600. The summed E-state index contributed by atoms with van der Waals surface area (Å²) in [5, 5.41) is 22.1. The number of carbonyl (C=O) groups is 7. The molecule has 436 valence electrons. The summed E-state index contributed by atoms with van der Waals surface area (Å²) in [6.07, 6.45) is 3.63. The molecular formula is C61H71ClN12O9. The number of piperazine rings is 1. The van der Waals surface area contributed by atoms with Crippen LogP contribution in [0.2, 0.25) is 5.02 Å². The van der Waals surface area contributed by atoms with Crippen molar-refractivity contribution in [3.63, 3.8) is 0 Å². The summed E-state index contributed by atoms with van der Waals surface area (Å²) in [6, 6.07) is 27.0. The number of H-pyrrole nitrogens is 1. The molecule has 10 N–H and O–H groups in total. The molecule has 22 heteroatoms. The Morgan fingerprint density at radius 1 is 0.663 bits per heavy atom. The van der Waals surface area contributed by atoms with Crippen molar-refractivity contribution in [1.29, 1.82) is 0 Å². The second kappa shape index (κ2) is 29.0. The van der Waals surface area contributed by atoms with Crippen LogP contribution < -0.4 is 47.7 Å². The molecule has 3 saturated heterocycles. The second-order valence-electron chi connectivity index (χ2n) is 21.1. The van der Waals surface area contributed by atoms with E-state index in [0.717, 1.165) is 27.6 Å². The van der Waals surface area contributed by atoms with Crippen LogP contribution in [0.25, 0.3) is 10.9 Å². The monoisotopic (exact) mass is 1150 g/mol. The van der Waals surface area contributed by atoms with Crippen molar-refractivity contribution in [2.24, 2.45) is 5.73 Å². The molecule has 4 aromatic carbocycles. The lowest BCUT2D eigenvalue weighted by Gasteiger charge is -2.33. The number of hydrogen-bond acceptors (Lipinski definition) is 13. The van der Waals surface area contributed by atoms with Crippen LogP contribution in [-0.4, -0.2) is 156 Å². The number of nitrogens with one attached hydrogen (secondary N) is 8. The number of ether oxygens (including phenoxy) is 2. The predicted molar refractivity (Wildman–Crippen MR) is 312 cm³/mol. The maximum atomic E-state index is 15.4. The number of amides is 7. The van der Waals surface area contributed by atoms with Crippen LogP contribution in [0, 0.1) is 0 Å². The van der Waals surface area contributed by atoms with Crippen molar-refractivity contribution in [3.05, 3.63) is 167 Å². The maximum Gasteiger partial charge on any atom is 0.407 e. The van der Waals surface area contributed by atoms with Crippen LogP contribution in [0.1, 0.15) is 47.1 Å². The number of aryl methyl sites for hydroxylation is 2. The highest BCUT2D eigenvalue weighted by Crippen LogP contribution is 2.25. The number of rotatable bonds is 18. The standard InChI is InChI=1S/C61H71ClN12O9/c62-44-18-12-42(13-19-44)38-82-45-20-14-40(15-21-45)31-51-56(76)69-50(23-17-41-9-6-25-65-34-41)60(80)74-36-46(83-61(81)66-26-24-63)33-54(74)59(79)68-49(22-16-39-7-2-1-3-8-39)55(75)71-52(32-43-35-67-48-11-5-4-10-47(43)48)57(77)72-53(58(78)70-51)37-73-29-27-64-28-30-73/h1-15,18-21,25,34-35,46,49-54,64,67H,16-17,22-24,26-33,36-38,63H2,(H,66,81)(H,68,79)(H,69,76)(H,70,78)(H,71,75)(H,72,77)/t46-,49+,50+,51+,52-,53?,54+/m1/s1. The molecule has 2 aromatic heterocycles. The van der Waals surface area contributed by atoms with Crippen LogP contribution in [0.4, 0.5) is 4.79 Å². The summed E-state index contributed by atoms with van der Waals surface area (Å²) >= 11 is 6.10. The van der Waals surface area contributed by atoms with Crippen LogP contribution >= 0.6 is 11.6 Å². The normalized spacial score (nSPS) is 22.2. The Hall–Kier alpha value is -8.37. The van der Waals surface area contributed by atoms with Gasteiger partial charge in [-0.15, -0.1) is 0 Å². The fourth-order valence-electron chi connectivity index (χ4n) is 10.6. The average molecular weight is 1150 g/mol. The molecule has 3 fully saturated rings. The molecular weight excluding hydrogens is 1080 g/mol. The van der Waals surface area contributed by atoms with E-state index in [-0.39, 0.29) is 71.3 Å². The van der Waals surface area contributed by atoms with Gasteiger partial charge in [0.1, 0.15) is 54.7 Å². The fourth-order valence-corrected chi connectivity index (χ4v) is 10.8. The zero-order chi connectivity index (χ0) is 58.1. The Morgan fingerprint density at radius 2 is 1.29 bits per heavy atom. The van der Waals surface area contributed by atoms with Gasteiger partial charge in [0, 0.05) is 99.6 Å². The van der Waals surface area contributed by atoms with E-state index in [1.165, 1.54) is 4.90 Å². The van der Waals surface area contributed by atoms with Gasteiger partial charge in [-0.3, -0.25) is 38.7 Å². The maximum absolute atomic E-state index is 15.4. The van der Waals surface area contributed by atoms with Gasteiger partial charge in [0.25, 0.3) is 0 Å². The minimum absolute atomic E-state index is 0.0194. The molecule has 3 aliphatic heterocycles. The smallest absolute Gasteiger partial charge is 0.407 e. The molecule has 0 saturated carbocycles. The molecule has 0 radical (unpaired) electrons. The average Bonchev–Trinajstić information content (AvgIpc) is 4.37. The van der Waals surface area contributed by atoms with Crippen molar-refractivity contribution in [1.82, 2.24) is 57.0 Å². The topological polar surface area (TPSA) is 283 Å². The van der Waals surface area contributed by atoms with Gasteiger partial charge in [0.2, 0.25) is 35.4 Å². The lowest BCUT2D eigenvalue weighted by molar-refractivity contribution is -0.143. The molecule has 3 aliphatic rings. The number of para-hydroxylation sites is 1. The molecule has 7 amide bonds. The number of aromatic amines is 1. The first kappa shape index (κ1) is 59.3. The number of alkyl carbamates (subject to hydrolysis) is 1. The van der Waals surface area contributed by atoms with Gasteiger partial charge in [-0.25, -0.2) is 4.79 Å². The third kappa shape index (κ3) is 16.7. The van der Waals surface area contributed by atoms with Crippen LogP contribution in [-0.2, 0) is 65.8 Å². The van der Waals surface area contributed by atoms with E-state index in [0.29, 0.717) is 54.5 Å². The zero-order valence-corrected chi connectivity index (χ0v) is 46.8. The number of nitrogens with zero attached hydrogens (tertiary/aromatic N) is 3. The molecule has 21 nitrogen and oxygen atoms in total. The van der Waals surface area contributed by atoms with E-state index in [1.807, 2.05) is 77.7 Å². The zero-order valence-electron chi connectivity index (χ0n) is 46.0. The van der Waals surface area contributed by atoms with Gasteiger partial charge >= 0.3 is 6.09 Å². The number of nitrogens with two attached hydrogens (primary N) is 1. The van der Waals surface area contributed by atoms with E-state index in [2.05, 4.69) is 47.2 Å². The largest absolute Gasteiger partial charge is 0.489 e. The lowest BCUT2D eigenvalue weighted by Crippen LogP contribution is -2.63. The van der Waals surface area contributed by atoms with Gasteiger partial charge in [0.05, 0.1) is 6.54 Å². The Kier molecular flexibility index (Phi) is 20.7. The molecule has 83 heavy (non-hydrogen) atoms. The third-order valence-electron chi connectivity index (χ3n) is 15.1. The first-order chi connectivity index (χ1) is 40.3. The minimum atomic E-state index is -1.34. The van der Waals surface area contributed by atoms with Gasteiger partial charge in [-0.1, -0.05) is 90.5 Å². The van der Waals surface area contributed by atoms with Crippen molar-refractivity contribution in [2.75, 3.05) is 52.4 Å². The molecule has 7 atom stereocenters.